The molecule has 1 N–H and O–H groups in total. The van der Waals surface area contributed by atoms with E-state index in [1.54, 1.807) is 12.1 Å². The molecule has 0 spiro atoms. The molecule has 1 aromatic carbocycles. The smallest absolute Gasteiger partial charge is 0.335 e. The molecule has 1 aliphatic heterocycles. The number of hydrogen-bond acceptors (Lipinski definition) is 5. The molecule has 0 bridgehead atoms. The van der Waals surface area contributed by atoms with Crippen LogP contribution in [0.4, 0.5) is 0 Å². The standard InChI is InChI=1S/C13H12N2O3S/c16-13(17)9-5-3-8(4-6-9)12-14-11(15-18-12)10-2-1-7-19-10/h3-6,10H,1-2,7H2,(H,16,17). The fourth-order valence-electron chi connectivity index (χ4n) is 2.02. The fraction of sp³-hybridized carbons (Fsp3) is 0.308. The molecule has 0 saturated carbocycles. The van der Waals surface area contributed by atoms with E-state index in [0.717, 1.165) is 23.6 Å². The Morgan fingerprint density at radius 2 is 2.16 bits per heavy atom. The molecule has 2 aromatic rings. The summed E-state index contributed by atoms with van der Waals surface area (Å²) >= 11 is 1.85. The van der Waals surface area contributed by atoms with Gasteiger partial charge in [-0.2, -0.15) is 16.7 Å². The zero-order chi connectivity index (χ0) is 13.2. The Morgan fingerprint density at radius 1 is 1.37 bits per heavy atom. The molecule has 6 heteroatoms. The zero-order valence-corrected chi connectivity index (χ0v) is 10.9. The van der Waals surface area contributed by atoms with Gasteiger partial charge in [-0.1, -0.05) is 5.16 Å². The molecule has 5 nitrogen and oxygen atoms in total. The van der Waals surface area contributed by atoms with Crippen molar-refractivity contribution in [2.24, 2.45) is 0 Å². The third-order valence-electron chi connectivity index (χ3n) is 3.04. The lowest BCUT2D eigenvalue weighted by molar-refractivity contribution is 0.0697. The van der Waals surface area contributed by atoms with Crippen LogP contribution in [0.3, 0.4) is 0 Å². The van der Waals surface area contributed by atoms with Crippen LogP contribution in [0.25, 0.3) is 11.5 Å². The van der Waals surface area contributed by atoms with Gasteiger partial charge in [0.05, 0.1) is 10.8 Å². The molecular formula is C13H12N2O3S. The summed E-state index contributed by atoms with van der Waals surface area (Å²) < 4.78 is 5.24. The first-order valence-electron chi connectivity index (χ1n) is 6.03. The number of carboxylic acids is 1. The van der Waals surface area contributed by atoms with E-state index in [4.69, 9.17) is 9.63 Å². The molecule has 3 rings (SSSR count). The molecule has 0 amide bonds. The van der Waals surface area contributed by atoms with Gasteiger partial charge in [0.2, 0.25) is 0 Å². The van der Waals surface area contributed by atoms with E-state index in [1.165, 1.54) is 18.6 Å². The lowest BCUT2D eigenvalue weighted by atomic mass is 10.1. The van der Waals surface area contributed by atoms with Crippen molar-refractivity contribution in [1.29, 1.82) is 0 Å². The minimum Gasteiger partial charge on any atom is -0.478 e. The molecule has 1 fully saturated rings. The maximum absolute atomic E-state index is 10.8. The van der Waals surface area contributed by atoms with E-state index in [2.05, 4.69) is 10.1 Å². The molecule has 1 aromatic heterocycles. The molecular weight excluding hydrogens is 264 g/mol. The number of hydrogen-bond donors (Lipinski definition) is 1. The van der Waals surface area contributed by atoms with Crippen LogP contribution >= 0.6 is 11.8 Å². The lowest BCUT2D eigenvalue weighted by Gasteiger charge is -1.99. The van der Waals surface area contributed by atoms with Gasteiger partial charge in [-0.25, -0.2) is 4.79 Å². The van der Waals surface area contributed by atoms with Gasteiger partial charge in [-0.15, -0.1) is 0 Å². The van der Waals surface area contributed by atoms with Crippen LogP contribution in [-0.4, -0.2) is 27.0 Å². The predicted octanol–water partition coefficient (Wildman–Crippen LogP) is 3.00. The Balaban J connectivity index is 1.83. The number of thioether (sulfide) groups is 1. The molecule has 98 valence electrons. The third kappa shape index (κ3) is 2.49. The summed E-state index contributed by atoms with van der Waals surface area (Å²) in [6.45, 7) is 0. The Kier molecular flexibility index (Phi) is 3.25. The van der Waals surface area contributed by atoms with E-state index >= 15 is 0 Å². The Hall–Kier alpha value is -1.82. The van der Waals surface area contributed by atoms with E-state index < -0.39 is 5.97 Å². The quantitative estimate of drug-likeness (QED) is 0.928. The highest BCUT2D eigenvalue weighted by Crippen LogP contribution is 2.38. The van der Waals surface area contributed by atoms with Crippen LogP contribution in [0.15, 0.2) is 28.8 Å². The number of aromatic nitrogens is 2. The van der Waals surface area contributed by atoms with E-state index in [-0.39, 0.29) is 5.56 Å². The first-order valence-corrected chi connectivity index (χ1v) is 7.08. The third-order valence-corrected chi connectivity index (χ3v) is 4.41. The van der Waals surface area contributed by atoms with Crippen molar-refractivity contribution in [3.8, 4) is 11.5 Å². The number of carboxylic acid groups (broad SMARTS) is 1. The van der Waals surface area contributed by atoms with Gasteiger partial charge in [0.15, 0.2) is 5.82 Å². The van der Waals surface area contributed by atoms with E-state index in [9.17, 15) is 4.79 Å². The monoisotopic (exact) mass is 276 g/mol. The molecule has 1 unspecified atom stereocenters. The van der Waals surface area contributed by atoms with Crippen molar-refractivity contribution < 1.29 is 14.4 Å². The van der Waals surface area contributed by atoms with Crippen molar-refractivity contribution in [1.82, 2.24) is 10.1 Å². The number of aromatic carboxylic acids is 1. The van der Waals surface area contributed by atoms with Gasteiger partial charge in [0, 0.05) is 5.56 Å². The lowest BCUT2D eigenvalue weighted by Crippen LogP contribution is -1.95. The highest BCUT2D eigenvalue weighted by Gasteiger charge is 2.23. The predicted molar refractivity (Wildman–Crippen MR) is 71.1 cm³/mol. The highest BCUT2D eigenvalue weighted by atomic mass is 32.2. The number of benzene rings is 1. The minimum atomic E-state index is -0.944. The maximum Gasteiger partial charge on any atom is 0.335 e. The average Bonchev–Trinajstić information content (AvgIpc) is 3.10. The molecule has 1 atom stereocenters. The number of nitrogens with zero attached hydrogens (tertiary/aromatic N) is 2. The Labute approximate surface area is 114 Å². The summed E-state index contributed by atoms with van der Waals surface area (Å²) in [4.78, 5) is 15.2. The van der Waals surface area contributed by atoms with Crippen LogP contribution in [0, 0.1) is 0 Å². The van der Waals surface area contributed by atoms with Crippen molar-refractivity contribution >= 4 is 17.7 Å². The van der Waals surface area contributed by atoms with Gasteiger partial charge in [0.1, 0.15) is 0 Å². The summed E-state index contributed by atoms with van der Waals surface area (Å²) in [6.07, 6.45) is 2.27. The highest BCUT2D eigenvalue weighted by molar-refractivity contribution is 7.99. The summed E-state index contributed by atoms with van der Waals surface area (Å²) in [7, 11) is 0. The maximum atomic E-state index is 10.8. The van der Waals surface area contributed by atoms with Gasteiger partial charge >= 0.3 is 5.97 Å². The normalized spacial score (nSPS) is 18.6. The number of rotatable bonds is 3. The zero-order valence-electron chi connectivity index (χ0n) is 10.1. The molecule has 0 aliphatic carbocycles. The fourth-order valence-corrected chi connectivity index (χ4v) is 3.22. The van der Waals surface area contributed by atoms with Crippen LogP contribution in [0.2, 0.25) is 0 Å². The molecule has 1 saturated heterocycles. The van der Waals surface area contributed by atoms with Crippen LogP contribution in [-0.2, 0) is 0 Å². The second kappa shape index (κ2) is 5.05. The second-order valence-corrected chi connectivity index (χ2v) is 5.65. The summed E-state index contributed by atoms with van der Waals surface area (Å²) in [5.74, 6) is 1.38. The summed E-state index contributed by atoms with van der Waals surface area (Å²) in [6, 6.07) is 6.43. The SMILES string of the molecule is O=C(O)c1ccc(-c2nc(C3CCCS3)no2)cc1. The van der Waals surface area contributed by atoms with Gasteiger partial charge in [-0.05, 0) is 42.9 Å². The van der Waals surface area contributed by atoms with Crippen molar-refractivity contribution in [2.75, 3.05) is 5.75 Å². The van der Waals surface area contributed by atoms with Crippen molar-refractivity contribution in [3.63, 3.8) is 0 Å². The van der Waals surface area contributed by atoms with Crippen molar-refractivity contribution in [3.05, 3.63) is 35.7 Å². The van der Waals surface area contributed by atoms with Gasteiger partial charge in [-0.3, -0.25) is 0 Å². The van der Waals surface area contributed by atoms with Crippen LogP contribution in [0.5, 0.6) is 0 Å². The van der Waals surface area contributed by atoms with E-state index in [1.807, 2.05) is 11.8 Å². The average molecular weight is 276 g/mol. The first kappa shape index (κ1) is 12.2. The molecule has 2 heterocycles. The summed E-state index contributed by atoms with van der Waals surface area (Å²) in [5.41, 5.74) is 0.988. The number of carbonyl (C=O) groups is 1. The van der Waals surface area contributed by atoms with Crippen molar-refractivity contribution in [2.45, 2.75) is 18.1 Å². The molecule has 19 heavy (non-hydrogen) atoms. The van der Waals surface area contributed by atoms with Crippen LogP contribution < -0.4 is 0 Å². The Bertz CT molecular complexity index is 588. The largest absolute Gasteiger partial charge is 0.478 e. The second-order valence-electron chi connectivity index (χ2n) is 4.34. The van der Waals surface area contributed by atoms with Crippen LogP contribution in [0.1, 0.15) is 34.3 Å². The summed E-state index contributed by atoms with van der Waals surface area (Å²) in [5, 5.41) is 13.2. The van der Waals surface area contributed by atoms with Gasteiger partial charge < -0.3 is 9.63 Å². The topological polar surface area (TPSA) is 76.2 Å². The van der Waals surface area contributed by atoms with Gasteiger partial charge in [0.25, 0.3) is 5.89 Å². The molecule has 1 aliphatic rings. The first-order chi connectivity index (χ1) is 9.24. The minimum absolute atomic E-state index is 0.245. The Morgan fingerprint density at radius 3 is 2.79 bits per heavy atom. The molecule has 0 radical (unpaired) electrons. The van der Waals surface area contributed by atoms with E-state index in [0.29, 0.717) is 11.1 Å².